The molecule has 1 aromatic rings. The summed E-state index contributed by atoms with van der Waals surface area (Å²) in [6, 6.07) is 3.40. The van der Waals surface area contributed by atoms with E-state index in [-0.39, 0.29) is 17.9 Å². The van der Waals surface area contributed by atoms with Crippen molar-refractivity contribution in [2.75, 3.05) is 32.8 Å². The number of likely N-dealkylation sites (tertiary alicyclic amines) is 1. The first kappa shape index (κ1) is 13.6. The van der Waals surface area contributed by atoms with Crippen molar-refractivity contribution in [3.63, 3.8) is 0 Å². The van der Waals surface area contributed by atoms with E-state index in [4.69, 9.17) is 4.74 Å². The topological polar surface area (TPSA) is 49.9 Å². The van der Waals surface area contributed by atoms with Crippen LogP contribution in [-0.4, -0.2) is 60.5 Å². The van der Waals surface area contributed by atoms with Gasteiger partial charge in [0.1, 0.15) is 6.04 Å². The highest BCUT2D eigenvalue weighted by atomic mass is 32.1. The van der Waals surface area contributed by atoms with Gasteiger partial charge in [0, 0.05) is 19.6 Å². The minimum absolute atomic E-state index is 0.0101. The molecule has 2 aliphatic rings. The lowest BCUT2D eigenvalue weighted by Crippen LogP contribution is -2.50. The van der Waals surface area contributed by atoms with Crippen LogP contribution >= 0.6 is 11.3 Å². The van der Waals surface area contributed by atoms with E-state index in [0.29, 0.717) is 37.7 Å². The Balaban J connectivity index is 1.71. The summed E-state index contributed by atoms with van der Waals surface area (Å²) in [6.45, 7) is 3.14. The molecular weight excluding hydrogens is 276 g/mol. The molecule has 2 amide bonds. The molecule has 0 spiro atoms. The van der Waals surface area contributed by atoms with Crippen LogP contribution in [0.5, 0.6) is 0 Å². The Labute approximate surface area is 122 Å². The van der Waals surface area contributed by atoms with Gasteiger partial charge in [0.15, 0.2) is 0 Å². The molecule has 2 saturated heterocycles. The standard InChI is InChI=1S/C14H18N2O3S/c17-13(15-6-8-19-9-7-15)11-3-1-5-16(11)14(18)12-4-2-10-20-12/h2,4,10-11H,1,3,5-9H2. The number of thiophene rings is 1. The predicted molar refractivity (Wildman–Crippen MR) is 75.8 cm³/mol. The van der Waals surface area contributed by atoms with Crippen LogP contribution in [0.4, 0.5) is 0 Å². The summed E-state index contributed by atoms with van der Waals surface area (Å²) in [5.74, 6) is 0.0693. The Hall–Kier alpha value is -1.40. The first-order valence-corrected chi connectivity index (χ1v) is 7.86. The van der Waals surface area contributed by atoms with E-state index in [1.807, 2.05) is 22.4 Å². The summed E-state index contributed by atoms with van der Waals surface area (Å²) < 4.78 is 5.27. The van der Waals surface area contributed by atoms with Crippen molar-refractivity contribution >= 4 is 23.2 Å². The molecule has 0 radical (unpaired) electrons. The van der Waals surface area contributed by atoms with Gasteiger partial charge in [0.25, 0.3) is 5.91 Å². The Morgan fingerprint density at radius 1 is 1.25 bits per heavy atom. The van der Waals surface area contributed by atoms with Crippen molar-refractivity contribution in [2.45, 2.75) is 18.9 Å². The Morgan fingerprint density at radius 2 is 2.05 bits per heavy atom. The molecule has 3 heterocycles. The van der Waals surface area contributed by atoms with E-state index in [0.717, 1.165) is 12.8 Å². The van der Waals surface area contributed by atoms with Crippen LogP contribution in [0, 0.1) is 0 Å². The Morgan fingerprint density at radius 3 is 2.75 bits per heavy atom. The molecule has 108 valence electrons. The molecule has 0 N–H and O–H groups in total. The first-order valence-electron chi connectivity index (χ1n) is 6.98. The Bertz CT molecular complexity index is 483. The van der Waals surface area contributed by atoms with Crippen molar-refractivity contribution < 1.29 is 14.3 Å². The maximum absolute atomic E-state index is 12.6. The first-order chi connectivity index (χ1) is 9.77. The third-order valence-corrected chi connectivity index (χ3v) is 4.71. The van der Waals surface area contributed by atoms with Crippen LogP contribution in [0.3, 0.4) is 0 Å². The van der Waals surface area contributed by atoms with Gasteiger partial charge in [-0.25, -0.2) is 0 Å². The normalized spacial score (nSPS) is 23.1. The van der Waals surface area contributed by atoms with Crippen molar-refractivity contribution in [3.8, 4) is 0 Å². The summed E-state index contributed by atoms with van der Waals surface area (Å²) >= 11 is 1.43. The fourth-order valence-electron chi connectivity index (χ4n) is 2.80. The summed E-state index contributed by atoms with van der Waals surface area (Å²) in [7, 11) is 0. The summed E-state index contributed by atoms with van der Waals surface area (Å²) in [5, 5.41) is 1.89. The van der Waals surface area contributed by atoms with Crippen LogP contribution in [0.25, 0.3) is 0 Å². The van der Waals surface area contributed by atoms with E-state index in [9.17, 15) is 9.59 Å². The third-order valence-electron chi connectivity index (χ3n) is 3.85. The van der Waals surface area contributed by atoms with Gasteiger partial charge < -0.3 is 14.5 Å². The lowest BCUT2D eigenvalue weighted by Gasteiger charge is -2.32. The molecule has 1 aromatic heterocycles. The molecule has 3 rings (SSSR count). The summed E-state index contributed by atoms with van der Waals surface area (Å²) in [6.07, 6.45) is 1.67. The minimum Gasteiger partial charge on any atom is -0.378 e. The van der Waals surface area contributed by atoms with Crippen LogP contribution in [0.2, 0.25) is 0 Å². The molecule has 2 fully saturated rings. The number of ether oxygens (including phenoxy) is 1. The highest BCUT2D eigenvalue weighted by Gasteiger charge is 2.37. The van der Waals surface area contributed by atoms with Crippen LogP contribution < -0.4 is 0 Å². The molecule has 1 unspecified atom stereocenters. The summed E-state index contributed by atoms with van der Waals surface area (Å²) in [5.41, 5.74) is 0. The number of amides is 2. The maximum Gasteiger partial charge on any atom is 0.264 e. The molecule has 2 aliphatic heterocycles. The number of morpholine rings is 1. The number of hydrogen-bond donors (Lipinski definition) is 0. The zero-order valence-corrected chi connectivity index (χ0v) is 12.1. The number of carbonyl (C=O) groups excluding carboxylic acids is 2. The number of carbonyl (C=O) groups is 2. The van der Waals surface area contributed by atoms with Gasteiger partial charge in [-0.2, -0.15) is 0 Å². The van der Waals surface area contributed by atoms with E-state index in [1.165, 1.54) is 11.3 Å². The van der Waals surface area contributed by atoms with Crippen LogP contribution in [0.1, 0.15) is 22.5 Å². The highest BCUT2D eigenvalue weighted by Crippen LogP contribution is 2.23. The Kier molecular flexibility index (Phi) is 4.03. The largest absolute Gasteiger partial charge is 0.378 e. The van der Waals surface area contributed by atoms with Gasteiger partial charge in [-0.05, 0) is 24.3 Å². The number of nitrogens with zero attached hydrogens (tertiary/aromatic N) is 2. The molecule has 0 saturated carbocycles. The minimum atomic E-state index is -0.289. The quantitative estimate of drug-likeness (QED) is 0.824. The van der Waals surface area contributed by atoms with Gasteiger partial charge in [-0.3, -0.25) is 9.59 Å². The van der Waals surface area contributed by atoms with Gasteiger partial charge >= 0.3 is 0 Å². The maximum atomic E-state index is 12.6. The van der Waals surface area contributed by atoms with Gasteiger partial charge in [0.05, 0.1) is 18.1 Å². The predicted octanol–water partition coefficient (Wildman–Crippen LogP) is 1.21. The molecule has 0 aliphatic carbocycles. The molecule has 0 aromatic carbocycles. The molecule has 1 atom stereocenters. The lowest BCUT2D eigenvalue weighted by atomic mass is 10.2. The van der Waals surface area contributed by atoms with Crippen molar-refractivity contribution in [1.29, 1.82) is 0 Å². The molecule has 0 bridgehead atoms. The SMILES string of the molecule is O=C(C1CCCN1C(=O)c1cccs1)N1CCOCC1. The second-order valence-electron chi connectivity index (χ2n) is 5.07. The number of hydrogen-bond acceptors (Lipinski definition) is 4. The smallest absolute Gasteiger partial charge is 0.264 e. The van der Waals surface area contributed by atoms with E-state index < -0.39 is 0 Å². The third kappa shape index (κ3) is 2.58. The van der Waals surface area contributed by atoms with Crippen molar-refractivity contribution in [2.24, 2.45) is 0 Å². The summed E-state index contributed by atoms with van der Waals surface area (Å²) in [4.78, 5) is 29.3. The van der Waals surface area contributed by atoms with E-state index >= 15 is 0 Å². The van der Waals surface area contributed by atoms with Gasteiger partial charge in [-0.1, -0.05) is 6.07 Å². The second-order valence-corrected chi connectivity index (χ2v) is 6.02. The van der Waals surface area contributed by atoms with Crippen LogP contribution in [0.15, 0.2) is 17.5 Å². The molecule has 5 nitrogen and oxygen atoms in total. The average Bonchev–Trinajstić information content (AvgIpc) is 3.18. The van der Waals surface area contributed by atoms with Crippen molar-refractivity contribution in [1.82, 2.24) is 9.80 Å². The highest BCUT2D eigenvalue weighted by molar-refractivity contribution is 7.12. The lowest BCUT2D eigenvalue weighted by molar-refractivity contribution is -0.139. The number of rotatable bonds is 2. The second kappa shape index (κ2) is 5.93. The van der Waals surface area contributed by atoms with Crippen molar-refractivity contribution in [3.05, 3.63) is 22.4 Å². The fourth-order valence-corrected chi connectivity index (χ4v) is 3.48. The van der Waals surface area contributed by atoms with E-state index in [1.54, 1.807) is 4.90 Å². The fraction of sp³-hybridized carbons (Fsp3) is 0.571. The zero-order valence-electron chi connectivity index (χ0n) is 11.3. The van der Waals surface area contributed by atoms with Crippen LogP contribution in [-0.2, 0) is 9.53 Å². The monoisotopic (exact) mass is 294 g/mol. The van der Waals surface area contributed by atoms with Gasteiger partial charge in [-0.15, -0.1) is 11.3 Å². The average molecular weight is 294 g/mol. The molecule has 20 heavy (non-hydrogen) atoms. The molecule has 6 heteroatoms. The molecular formula is C14H18N2O3S. The van der Waals surface area contributed by atoms with E-state index in [2.05, 4.69) is 0 Å². The van der Waals surface area contributed by atoms with Gasteiger partial charge in [0.2, 0.25) is 5.91 Å². The zero-order chi connectivity index (χ0) is 13.9.